The number of anilines is 4. The van der Waals surface area contributed by atoms with Gasteiger partial charge in [0, 0.05) is 50.5 Å². The van der Waals surface area contributed by atoms with Gasteiger partial charge in [-0.1, -0.05) is 48.5 Å². The molecule has 2 aliphatic heterocycles. The number of nitrogens with zero attached hydrogens (tertiary/aromatic N) is 5. The first-order valence-electron chi connectivity index (χ1n) is 13.4. The van der Waals surface area contributed by atoms with Crippen molar-refractivity contribution >= 4 is 40.6 Å². The number of thiocarbonyl (C=S) groups is 1. The highest BCUT2D eigenvalue weighted by Crippen LogP contribution is 2.28. The maximum absolute atomic E-state index is 5.67. The monoisotopic (exact) mass is 515 g/mol. The molecule has 2 saturated heterocycles. The van der Waals surface area contributed by atoms with Gasteiger partial charge in [0.1, 0.15) is 11.6 Å². The third-order valence-electron chi connectivity index (χ3n) is 7.39. The summed E-state index contributed by atoms with van der Waals surface area (Å²) < 4.78 is 0. The number of aromatic nitrogens is 2. The summed E-state index contributed by atoms with van der Waals surface area (Å²) in [6.07, 6.45) is 3.65. The Bertz CT molecular complexity index is 1170. The zero-order valence-corrected chi connectivity index (χ0v) is 22.6. The number of nitrogens with one attached hydrogen (secondary N) is 2. The second-order valence-electron chi connectivity index (χ2n) is 9.99. The summed E-state index contributed by atoms with van der Waals surface area (Å²) in [6, 6.07) is 23.6. The molecule has 3 heterocycles. The van der Waals surface area contributed by atoms with E-state index in [1.165, 1.54) is 30.5 Å². The fraction of sp³-hybridized carbons (Fsp3) is 0.414. The largest absolute Gasteiger partial charge is 0.368 e. The van der Waals surface area contributed by atoms with Gasteiger partial charge in [0.15, 0.2) is 5.11 Å². The number of piperidine rings is 1. The highest BCUT2D eigenvalue weighted by Gasteiger charge is 2.24. The minimum absolute atomic E-state index is 0.0806. The smallest absolute Gasteiger partial charge is 0.232 e. The highest BCUT2D eigenvalue weighted by molar-refractivity contribution is 7.80. The quantitative estimate of drug-likeness (QED) is 0.433. The number of benzene rings is 2. The lowest BCUT2D eigenvalue weighted by molar-refractivity contribution is 0.481. The van der Waals surface area contributed by atoms with Crippen LogP contribution in [0.4, 0.5) is 23.3 Å². The minimum atomic E-state index is 0.0806. The summed E-state index contributed by atoms with van der Waals surface area (Å²) in [5.74, 6) is 2.48. The third kappa shape index (κ3) is 6.31. The van der Waals surface area contributed by atoms with E-state index in [9.17, 15) is 0 Å². The second-order valence-corrected chi connectivity index (χ2v) is 10.4. The number of hydrogen-bond acceptors (Lipinski definition) is 6. The average Bonchev–Trinajstić information content (AvgIpc) is 2.94. The van der Waals surface area contributed by atoms with Gasteiger partial charge in [-0.2, -0.15) is 9.97 Å². The van der Waals surface area contributed by atoms with E-state index >= 15 is 0 Å². The molecule has 0 saturated carbocycles. The molecule has 194 valence electrons. The van der Waals surface area contributed by atoms with Crippen molar-refractivity contribution in [3.8, 4) is 0 Å². The van der Waals surface area contributed by atoms with Crippen molar-refractivity contribution in [3.63, 3.8) is 0 Å². The van der Waals surface area contributed by atoms with Crippen molar-refractivity contribution in [3.05, 3.63) is 72.3 Å². The first-order valence-corrected chi connectivity index (χ1v) is 13.8. The zero-order valence-electron chi connectivity index (χ0n) is 21.8. The summed E-state index contributed by atoms with van der Waals surface area (Å²) in [6.45, 7) is 9.16. The first-order chi connectivity index (χ1) is 18.1. The van der Waals surface area contributed by atoms with Gasteiger partial charge in [-0.15, -0.1) is 0 Å². The van der Waals surface area contributed by atoms with E-state index in [0.29, 0.717) is 17.1 Å². The number of rotatable bonds is 6. The van der Waals surface area contributed by atoms with Gasteiger partial charge >= 0.3 is 0 Å². The van der Waals surface area contributed by atoms with Gasteiger partial charge in [-0.3, -0.25) is 0 Å². The molecule has 2 atom stereocenters. The zero-order chi connectivity index (χ0) is 25.6. The molecule has 2 fully saturated rings. The predicted octanol–water partition coefficient (Wildman–Crippen LogP) is 5.23. The van der Waals surface area contributed by atoms with Crippen molar-refractivity contribution in [1.29, 1.82) is 0 Å². The van der Waals surface area contributed by atoms with Crippen LogP contribution in [0.15, 0.2) is 66.7 Å². The molecule has 5 rings (SSSR count). The van der Waals surface area contributed by atoms with Crippen LogP contribution in [0.1, 0.15) is 44.7 Å². The molecule has 0 amide bonds. The molecular formula is C29H37N7S. The maximum Gasteiger partial charge on any atom is 0.232 e. The fourth-order valence-electron chi connectivity index (χ4n) is 5.22. The number of para-hydroxylation sites is 1. The van der Waals surface area contributed by atoms with Crippen molar-refractivity contribution < 1.29 is 0 Å². The molecule has 37 heavy (non-hydrogen) atoms. The van der Waals surface area contributed by atoms with Crippen LogP contribution < -0.4 is 25.3 Å². The molecule has 7 nitrogen and oxygen atoms in total. The van der Waals surface area contributed by atoms with Gasteiger partial charge in [-0.05, 0) is 63.0 Å². The lowest BCUT2D eigenvalue weighted by Gasteiger charge is -2.38. The average molecular weight is 516 g/mol. The van der Waals surface area contributed by atoms with Crippen LogP contribution in [0.5, 0.6) is 0 Å². The number of piperazine rings is 1. The Balaban J connectivity index is 1.33. The van der Waals surface area contributed by atoms with E-state index in [-0.39, 0.29) is 6.04 Å². The summed E-state index contributed by atoms with van der Waals surface area (Å²) in [7, 11) is 0. The van der Waals surface area contributed by atoms with Crippen LogP contribution in [0.25, 0.3) is 0 Å². The standard InChI is InChI=1S/C29H37N7S/c1-22-11-9-10-16-36(22)27-21-26(35-19-17-34(18-20-35)25-14-7-4-8-15-25)31-28(32-27)33-29(37)30-23(2)24-12-5-3-6-13-24/h3-8,12-15,21-23H,9-11,16-20H2,1-2H3,(H2,30,31,32,33,37)/t22-,23-/m1/s1. The topological polar surface area (TPSA) is 59.6 Å². The summed E-state index contributed by atoms with van der Waals surface area (Å²) in [4.78, 5) is 17.1. The Morgan fingerprint density at radius 1 is 0.865 bits per heavy atom. The van der Waals surface area contributed by atoms with Crippen LogP contribution in [0.2, 0.25) is 0 Å². The molecule has 1 aromatic heterocycles. The normalized spacial score (nSPS) is 18.9. The van der Waals surface area contributed by atoms with E-state index < -0.39 is 0 Å². The molecule has 0 aliphatic carbocycles. The molecule has 8 heteroatoms. The van der Waals surface area contributed by atoms with Gasteiger partial charge < -0.3 is 25.3 Å². The highest BCUT2D eigenvalue weighted by atomic mass is 32.1. The Kier molecular flexibility index (Phi) is 8.04. The van der Waals surface area contributed by atoms with Crippen LogP contribution >= 0.6 is 12.2 Å². The minimum Gasteiger partial charge on any atom is -0.368 e. The third-order valence-corrected chi connectivity index (χ3v) is 7.61. The Labute approximate surface area is 225 Å². The molecule has 0 radical (unpaired) electrons. The second kappa shape index (κ2) is 11.8. The van der Waals surface area contributed by atoms with Crippen LogP contribution in [0.3, 0.4) is 0 Å². The molecular weight excluding hydrogens is 478 g/mol. The molecule has 0 spiro atoms. The van der Waals surface area contributed by atoms with Crippen molar-refractivity contribution in [2.24, 2.45) is 0 Å². The Hall–Kier alpha value is -3.39. The summed E-state index contributed by atoms with van der Waals surface area (Å²) >= 11 is 5.67. The van der Waals surface area contributed by atoms with Gasteiger partial charge in [0.25, 0.3) is 0 Å². The fourth-order valence-corrected chi connectivity index (χ4v) is 5.49. The van der Waals surface area contributed by atoms with Crippen molar-refractivity contribution in [2.45, 2.75) is 45.2 Å². The molecule has 0 bridgehead atoms. The van der Waals surface area contributed by atoms with Crippen LogP contribution in [0, 0.1) is 0 Å². The molecule has 2 N–H and O–H groups in total. The van der Waals surface area contributed by atoms with E-state index in [4.69, 9.17) is 22.2 Å². The molecule has 2 aliphatic rings. The number of hydrogen-bond donors (Lipinski definition) is 2. The van der Waals surface area contributed by atoms with E-state index in [1.807, 2.05) is 18.2 Å². The maximum atomic E-state index is 5.67. The SMILES string of the molecule is C[C@@H]1CCCCN1c1cc(N2CCN(c3ccccc3)CC2)nc(NC(=S)N[C@H](C)c2ccccc2)n1. The van der Waals surface area contributed by atoms with Crippen molar-refractivity contribution in [2.75, 3.05) is 52.7 Å². The lowest BCUT2D eigenvalue weighted by atomic mass is 10.0. The summed E-state index contributed by atoms with van der Waals surface area (Å²) in [5.41, 5.74) is 2.46. The van der Waals surface area contributed by atoms with E-state index in [2.05, 4.69) is 87.7 Å². The van der Waals surface area contributed by atoms with Crippen LogP contribution in [-0.2, 0) is 0 Å². The van der Waals surface area contributed by atoms with Crippen molar-refractivity contribution in [1.82, 2.24) is 15.3 Å². The Morgan fingerprint density at radius 2 is 1.51 bits per heavy atom. The predicted molar refractivity (Wildman–Crippen MR) is 158 cm³/mol. The van der Waals surface area contributed by atoms with Gasteiger partial charge in [0.05, 0.1) is 6.04 Å². The van der Waals surface area contributed by atoms with Crippen LogP contribution in [-0.4, -0.2) is 53.8 Å². The van der Waals surface area contributed by atoms with Gasteiger partial charge in [0.2, 0.25) is 5.95 Å². The lowest BCUT2D eigenvalue weighted by Crippen LogP contribution is -2.47. The van der Waals surface area contributed by atoms with Gasteiger partial charge in [-0.25, -0.2) is 0 Å². The Morgan fingerprint density at radius 3 is 2.22 bits per heavy atom. The van der Waals surface area contributed by atoms with E-state index in [1.54, 1.807) is 0 Å². The molecule has 3 aromatic rings. The molecule has 2 aromatic carbocycles. The first kappa shape index (κ1) is 25.3. The molecule has 0 unspecified atom stereocenters. The van der Waals surface area contributed by atoms with E-state index in [0.717, 1.165) is 44.4 Å². The summed E-state index contributed by atoms with van der Waals surface area (Å²) in [5, 5.41) is 7.20.